The molecule has 3 N–H and O–H groups in total. The summed E-state index contributed by atoms with van der Waals surface area (Å²) in [5, 5.41) is 15.7. The van der Waals surface area contributed by atoms with Crippen molar-refractivity contribution in [1.82, 2.24) is 15.5 Å². The number of hydrogen-bond acceptors (Lipinski definition) is 5. The quantitative estimate of drug-likeness (QED) is 0.718. The van der Waals surface area contributed by atoms with Gasteiger partial charge in [-0.05, 0) is 12.0 Å². The van der Waals surface area contributed by atoms with Crippen LogP contribution in [0.2, 0.25) is 0 Å². The van der Waals surface area contributed by atoms with Crippen molar-refractivity contribution in [2.75, 3.05) is 39.4 Å². The van der Waals surface area contributed by atoms with Crippen LogP contribution in [0.3, 0.4) is 0 Å². The average molecular weight is 331 g/mol. The summed E-state index contributed by atoms with van der Waals surface area (Å²) in [7, 11) is 0. The maximum absolute atomic E-state index is 12.5. The predicted octanol–water partition coefficient (Wildman–Crippen LogP) is -0.101. The molecular weight excluding hydrogens is 306 g/mol. The van der Waals surface area contributed by atoms with Crippen LogP contribution >= 0.6 is 0 Å². The Morgan fingerprint density at radius 2 is 2.12 bits per heavy atom. The molecule has 4 rings (SSSR count). The third kappa shape index (κ3) is 2.84. The first kappa shape index (κ1) is 16.0. The van der Waals surface area contributed by atoms with Gasteiger partial charge in [-0.25, -0.2) is 0 Å². The van der Waals surface area contributed by atoms with Gasteiger partial charge in [-0.15, -0.1) is 0 Å². The van der Waals surface area contributed by atoms with E-state index >= 15 is 0 Å². The summed E-state index contributed by atoms with van der Waals surface area (Å²) < 4.78 is 6.05. The van der Waals surface area contributed by atoms with Crippen LogP contribution in [-0.4, -0.2) is 67.4 Å². The van der Waals surface area contributed by atoms with Gasteiger partial charge in [0.25, 0.3) is 0 Å². The molecule has 3 aliphatic heterocycles. The fourth-order valence-electron chi connectivity index (χ4n) is 3.96. The van der Waals surface area contributed by atoms with E-state index in [9.17, 15) is 9.90 Å². The topological polar surface area (TPSA) is 73.8 Å². The molecule has 3 fully saturated rings. The van der Waals surface area contributed by atoms with Crippen LogP contribution in [-0.2, 0) is 9.53 Å². The number of hydrogen-bond donors (Lipinski definition) is 3. The van der Waals surface area contributed by atoms with Crippen molar-refractivity contribution in [3.05, 3.63) is 35.9 Å². The Hall–Kier alpha value is -1.47. The smallest absolute Gasteiger partial charge is 0.231 e. The summed E-state index contributed by atoms with van der Waals surface area (Å²) in [5.41, 5.74) is 0.592. The minimum absolute atomic E-state index is 0.0193. The molecule has 0 unspecified atom stereocenters. The number of nitrogens with one attached hydrogen (secondary N) is 2. The van der Waals surface area contributed by atoms with E-state index in [1.165, 1.54) is 5.56 Å². The Morgan fingerprint density at radius 3 is 2.79 bits per heavy atom. The summed E-state index contributed by atoms with van der Waals surface area (Å²) in [6.45, 7) is 3.47. The molecule has 3 atom stereocenters. The molecule has 24 heavy (non-hydrogen) atoms. The molecule has 0 aromatic heterocycles. The van der Waals surface area contributed by atoms with Gasteiger partial charge in [0.05, 0.1) is 24.7 Å². The number of morpholine rings is 1. The molecule has 1 aromatic rings. The highest BCUT2D eigenvalue weighted by molar-refractivity contribution is 5.84. The number of ether oxygens (including phenoxy) is 1. The second-order valence-electron chi connectivity index (χ2n) is 7.29. The Bertz CT molecular complexity index is 585. The second-order valence-corrected chi connectivity index (χ2v) is 7.29. The van der Waals surface area contributed by atoms with Gasteiger partial charge in [0.15, 0.2) is 0 Å². The van der Waals surface area contributed by atoms with E-state index in [0.29, 0.717) is 25.7 Å². The highest BCUT2D eigenvalue weighted by Crippen LogP contribution is 2.31. The molecule has 0 aliphatic carbocycles. The molecule has 1 aromatic carbocycles. The third-order valence-electron chi connectivity index (χ3n) is 5.64. The first-order chi connectivity index (χ1) is 11.7. The number of carbonyl (C=O) groups excluding carboxylic acids is 1. The van der Waals surface area contributed by atoms with Crippen molar-refractivity contribution in [1.29, 1.82) is 0 Å². The molecule has 0 saturated carbocycles. The fourth-order valence-corrected chi connectivity index (χ4v) is 3.96. The molecule has 0 bridgehead atoms. The van der Waals surface area contributed by atoms with Crippen LogP contribution in [0.15, 0.2) is 30.3 Å². The van der Waals surface area contributed by atoms with Crippen molar-refractivity contribution in [2.24, 2.45) is 5.41 Å². The maximum atomic E-state index is 12.5. The number of nitrogens with zero attached hydrogens (tertiary/aromatic N) is 1. The number of amides is 1. The Balaban J connectivity index is 1.35. The predicted molar refractivity (Wildman–Crippen MR) is 89.4 cm³/mol. The summed E-state index contributed by atoms with van der Waals surface area (Å²) in [6, 6.07) is 10.8. The van der Waals surface area contributed by atoms with E-state index in [1.54, 1.807) is 0 Å². The first-order valence-electron chi connectivity index (χ1n) is 8.73. The fraction of sp³-hybridized carbons (Fsp3) is 0.611. The lowest BCUT2D eigenvalue weighted by atomic mass is 9.81. The lowest BCUT2D eigenvalue weighted by Gasteiger charge is -2.40. The zero-order chi connectivity index (χ0) is 16.6. The number of carbonyl (C=O) groups is 1. The second kappa shape index (κ2) is 6.44. The highest BCUT2D eigenvalue weighted by atomic mass is 16.5. The van der Waals surface area contributed by atoms with Crippen LogP contribution in [0.25, 0.3) is 0 Å². The highest BCUT2D eigenvalue weighted by Gasteiger charge is 2.46. The van der Waals surface area contributed by atoms with Gasteiger partial charge in [0.1, 0.15) is 0 Å². The minimum Gasteiger partial charge on any atom is -0.395 e. The maximum Gasteiger partial charge on any atom is 0.231 e. The summed E-state index contributed by atoms with van der Waals surface area (Å²) in [5.74, 6) is -0.0193. The van der Waals surface area contributed by atoms with Gasteiger partial charge in [-0.2, -0.15) is 0 Å². The van der Waals surface area contributed by atoms with E-state index in [4.69, 9.17) is 4.74 Å². The van der Waals surface area contributed by atoms with Crippen molar-refractivity contribution >= 4 is 5.91 Å². The monoisotopic (exact) mass is 331 g/mol. The van der Waals surface area contributed by atoms with Crippen LogP contribution in [0, 0.1) is 5.41 Å². The summed E-state index contributed by atoms with van der Waals surface area (Å²) in [6.07, 6.45) is 1.03. The van der Waals surface area contributed by atoms with Crippen molar-refractivity contribution in [2.45, 2.75) is 24.6 Å². The molecular formula is C18H25N3O3. The van der Waals surface area contributed by atoms with Gasteiger partial charge >= 0.3 is 0 Å². The molecule has 130 valence electrons. The number of rotatable bonds is 4. The molecule has 6 nitrogen and oxygen atoms in total. The summed E-state index contributed by atoms with van der Waals surface area (Å²) in [4.78, 5) is 14.9. The zero-order valence-corrected chi connectivity index (χ0v) is 13.8. The van der Waals surface area contributed by atoms with Crippen molar-refractivity contribution in [3.8, 4) is 0 Å². The minimum atomic E-state index is -0.619. The van der Waals surface area contributed by atoms with Gasteiger partial charge in [-0.3, -0.25) is 9.69 Å². The van der Waals surface area contributed by atoms with Gasteiger partial charge in [0.2, 0.25) is 5.91 Å². The SMILES string of the molecule is O=C(N[C@@H]1C[C@H]2CO[C@@H](c3ccccc3)CN2C1)C1(CO)CNC1. The van der Waals surface area contributed by atoms with Crippen LogP contribution in [0.5, 0.6) is 0 Å². The lowest BCUT2D eigenvalue weighted by Crippen LogP contribution is -2.64. The van der Waals surface area contributed by atoms with E-state index in [-0.39, 0.29) is 24.7 Å². The van der Waals surface area contributed by atoms with Crippen molar-refractivity contribution < 1.29 is 14.6 Å². The number of aliphatic hydroxyl groups is 1. The number of benzene rings is 1. The third-order valence-corrected chi connectivity index (χ3v) is 5.64. The van der Waals surface area contributed by atoms with Crippen LogP contribution in [0.4, 0.5) is 0 Å². The normalized spacial score (nSPS) is 32.0. The van der Waals surface area contributed by atoms with Crippen LogP contribution < -0.4 is 10.6 Å². The van der Waals surface area contributed by atoms with Gasteiger partial charge in [0, 0.05) is 38.3 Å². The molecule has 0 radical (unpaired) electrons. The number of aliphatic hydroxyl groups excluding tert-OH is 1. The lowest BCUT2D eigenvalue weighted by molar-refractivity contribution is -0.137. The Morgan fingerprint density at radius 1 is 1.33 bits per heavy atom. The molecule has 3 aliphatic rings. The van der Waals surface area contributed by atoms with E-state index < -0.39 is 5.41 Å². The van der Waals surface area contributed by atoms with Crippen molar-refractivity contribution in [3.63, 3.8) is 0 Å². The first-order valence-corrected chi connectivity index (χ1v) is 8.73. The molecule has 6 heteroatoms. The molecule has 3 heterocycles. The Labute approximate surface area is 142 Å². The standard InChI is InChI=1S/C18H25N3O3/c22-12-18(10-19-11-18)17(23)20-14-6-15-9-24-16(8-21(15)7-14)13-4-2-1-3-5-13/h1-5,14-16,19,22H,6-12H2,(H,20,23)/t14-,15+,16-/m1/s1. The molecule has 1 amide bonds. The van der Waals surface area contributed by atoms with E-state index in [0.717, 1.165) is 19.5 Å². The Kier molecular flexibility index (Phi) is 4.30. The van der Waals surface area contributed by atoms with Crippen LogP contribution in [0.1, 0.15) is 18.1 Å². The van der Waals surface area contributed by atoms with Gasteiger partial charge < -0.3 is 20.5 Å². The average Bonchev–Trinajstić information content (AvgIpc) is 2.96. The summed E-state index contributed by atoms with van der Waals surface area (Å²) >= 11 is 0. The van der Waals surface area contributed by atoms with E-state index in [2.05, 4.69) is 27.7 Å². The van der Waals surface area contributed by atoms with E-state index in [1.807, 2.05) is 18.2 Å². The van der Waals surface area contributed by atoms with Gasteiger partial charge in [-0.1, -0.05) is 30.3 Å². The molecule has 0 spiro atoms. The largest absolute Gasteiger partial charge is 0.395 e. The number of fused-ring (bicyclic) bond motifs is 1. The zero-order valence-electron chi connectivity index (χ0n) is 13.8. The molecule has 3 saturated heterocycles.